The van der Waals surface area contributed by atoms with Crippen molar-refractivity contribution >= 4 is 0 Å². The molecule has 2 atom stereocenters. The van der Waals surface area contributed by atoms with Gasteiger partial charge in [-0.25, -0.2) is 4.39 Å². The summed E-state index contributed by atoms with van der Waals surface area (Å²) in [6.07, 6.45) is 0.791. The van der Waals surface area contributed by atoms with Crippen LogP contribution >= 0.6 is 0 Å². The highest BCUT2D eigenvalue weighted by molar-refractivity contribution is 5.36. The monoisotopic (exact) mass is 180 g/mol. The van der Waals surface area contributed by atoms with Crippen LogP contribution in [0.2, 0.25) is 0 Å². The van der Waals surface area contributed by atoms with Crippen LogP contribution in [0.1, 0.15) is 24.5 Å². The van der Waals surface area contributed by atoms with Crippen LogP contribution in [-0.4, -0.2) is 5.11 Å². The summed E-state index contributed by atoms with van der Waals surface area (Å²) >= 11 is 0. The second kappa shape index (κ2) is 2.55. The van der Waals surface area contributed by atoms with Crippen molar-refractivity contribution in [3.63, 3.8) is 0 Å². The Bertz CT molecular complexity index is 348. The zero-order valence-electron chi connectivity index (χ0n) is 7.84. The number of halogens is 1. The Morgan fingerprint density at radius 2 is 2.15 bits per heavy atom. The first kappa shape index (κ1) is 8.70. The molecule has 1 nitrogen and oxygen atoms in total. The lowest BCUT2D eigenvalue weighted by Crippen LogP contribution is -2.09. The van der Waals surface area contributed by atoms with Gasteiger partial charge in [-0.15, -0.1) is 0 Å². The van der Waals surface area contributed by atoms with Gasteiger partial charge >= 0.3 is 0 Å². The molecule has 0 heterocycles. The highest BCUT2D eigenvalue weighted by atomic mass is 19.1. The van der Waals surface area contributed by atoms with E-state index in [0.717, 1.165) is 17.5 Å². The standard InChI is InChI=1S/C11H13FO/c1-7-5-9(12)3-4-10(7)11(13)6-8(11)2/h3-5,8,13H,6H2,1-2H3. The van der Waals surface area contributed by atoms with Crippen molar-refractivity contribution in [3.8, 4) is 0 Å². The van der Waals surface area contributed by atoms with E-state index < -0.39 is 5.60 Å². The van der Waals surface area contributed by atoms with Gasteiger partial charge in [-0.05, 0) is 42.5 Å². The summed E-state index contributed by atoms with van der Waals surface area (Å²) in [7, 11) is 0. The molecule has 0 aromatic heterocycles. The maximum atomic E-state index is 12.8. The first-order chi connectivity index (χ1) is 6.04. The minimum Gasteiger partial charge on any atom is -0.385 e. The van der Waals surface area contributed by atoms with Gasteiger partial charge in [-0.2, -0.15) is 0 Å². The molecule has 70 valence electrons. The van der Waals surface area contributed by atoms with Crippen molar-refractivity contribution in [1.29, 1.82) is 0 Å². The normalized spacial score (nSPS) is 31.8. The largest absolute Gasteiger partial charge is 0.385 e. The van der Waals surface area contributed by atoms with Crippen molar-refractivity contribution in [1.82, 2.24) is 0 Å². The first-order valence-electron chi connectivity index (χ1n) is 4.53. The second-order valence-electron chi connectivity index (χ2n) is 3.99. The Labute approximate surface area is 77.2 Å². The average molecular weight is 180 g/mol. The summed E-state index contributed by atoms with van der Waals surface area (Å²) in [4.78, 5) is 0. The predicted molar refractivity (Wildman–Crippen MR) is 48.8 cm³/mol. The summed E-state index contributed by atoms with van der Waals surface area (Å²) in [5, 5.41) is 10.0. The molecule has 0 aliphatic heterocycles. The fraction of sp³-hybridized carbons (Fsp3) is 0.455. The van der Waals surface area contributed by atoms with Crippen LogP contribution in [0, 0.1) is 18.7 Å². The predicted octanol–water partition coefficient (Wildman–Crippen LogP) is 2.36. The number of hydrogen-bond acceptors (Lipinski definition) is 1. The smallest absolute Gasteiger partial charge is 0.123 e. The molecule has 2 unspecified atom stereocenters. The zero-order chi connectivity index (χ0) is 9.64. The maximum absolute atomic E-state index is 12.8. The van der Waals surface area contributed by atoms with E-state index in [-0.39, 0.29) is 5.82 Å². The molecule has 1 N–H and O–H groups in total. The quantitative estimate of drug-likeness (QED) is 0.703. The molecule has 1 aliphatic rings. The Morgan fingerprint density at radius 3 is 2.62 bits per heavy atom. The Morgan fingerprint density at radius 1 is 1.54 bits per heavy atom. The van der Waals surface area contributed by atoms with Crippen molar-refractivity contribution in [2.45, 2.75) is 25.9 Å². The van der Waals surface area contributed by atoms with Gasteiger partial charge in [0.1, 0.15) is 5.82 Å². The van der Waals surface area contributed by atoms with Gasteiger partial charge in [0.2, 0.25) is 0 Å². The summed E-state index contributed by atoms with van der Waals surface area (Å²) in [6, 6.07) is 4.57. The molecule has 2 heteroatoms. The van der Waals surface area contributed by atoms with Crippen LogP contribution in [0.25, 0.3) is 0 Å². The first-order valence-corrected chi connectivity index (χ1v) is 4.53. The highest BCUT2D eigenvalue weighted by Crippen LogP contribution is 2.52. The third kappa shape index (κ3) is 1.25. The Hall–Kier alpha value is -0.890. The number of aliphatic hydroxyl groups is 1. The Kier molecular flexibility index (Phi) is 1.70. The number of hydrogen-bond donors (Lipinski definition) is 1. The van der Waals surface area contributed by atoms with Crippen LogP contribution in [0.3, 0.4) is 0 Å². The molecule has 13 heavy (non-hydrogen) atoms. The molecule has 0 spiro atoms. The van der Waals surface area contributed by atoms with Crippen LogP contribution in [-0.2, 0) is 5.60 Å². The van der Waals surface area contributed by atoms with Gasteiger partial charge in [0.15, 0.2) is 0 Å². The van der Waals surface area contributed by atoms with Crippen molar-refractivity contribution in [3.05, 3.63) is 35.1 Å². The van der Waals surface area contributed by atoms with Gasteiger partial charge < -0.3 is 5.11 Å². The fourth-order valence-electron chi connectivity index (χ4n) is 1.90. The molecule has 0 amide bonds. The van der Waals surface area contributed by atoms with E-state index in [1.54, 1.807) is 6.07 Å². The van der Waals surface area contributed by atoms with E-state index in [4.69, 9.17) is 0 Å². The molecule has 1 aromatic rings. The summed E-state index contributed by atoms with van der Waals surface area (Å²) in [6.45, 7) is 3.84. The molecule has 1 fully saturated rings. The van der Waals surface area contributed by atoms with E-state index >= 15 is 0 Å². The van der Waals surface area contributed by atoms with Crippen molar-refractivity contribution < 1.29 is 9.50 Å². The third-order valence-corrected chi connectivity index (χ3v) is 2.93. The minimum atomic E-state index is -0.683. The average Bonchev–Trinajstić information content (AvgIpc) is 2.59. The van der Waals surface area contributed by atoms with Crippen molar-refractivity contribution in [2.75, 3.05) is 0 Å². The third-order valence-electron chi connectivity index (χ3n) is 2.93. The van der Waals surface area contributed by atoms with E-state index in [1.165, 1.54) is 12.1 Å². The zero-order valence-corrected chi connectivity index (χ0v) is 7.84. The van der Waals surface area contributed by atoms with Gasteiger partial charge in [-0.1, -0.05) is 13.0 Å². The lowest BCUT2D eigenvalue weighted by Gasteiger charge is -2.12. The molecule has 2 rings (SSSR count). The fourth-order valence-corrected chi connectivity index (χ4v) is 1.90. The van der Waals surface area contributed by atoms with E-state index in [2.05, 4.69) is 0 Å². The minimum absolute atomic E-state index is 0.238. The SMILES string of the molecule is Cc1cc(F)ccc1C1(O)CC1C. The number of benzene rings is 1. The second-order valence-corrected chi connectivity index (χ2v) is 3.99. The summed E-state index contributed by atoms with van der Waals surface area (Å²) in [5.41, 5.74) is 1.03. The molecule has 1 aromatic carbocycles. The highest BCUT2D eigenvalue weighted by Gasteiger charge is 2.51. The molecular weight excluding hydrogens is 167 g/mol. The molecular formula is C11H13FO. The number of aryl methyl sites for hydroxylation is 1. The van der Waals surface area contributed by atoms with Gasteiger partial charge in [-0.3, -0.25) is 0 Å². The van der Waals surface area contributed by atoms with E-state index in [0.29, 0.717) is 5.92 Å². The molecule has 1 saturated carbocycles. The Balaban J connectivity index is 2.42. The van der Waals surface area contributed by atoms with Crippen LogP contribution < -0.4 is 0 Å². The van der Waals surface area contributed by atoms with E-state index in [1.807, 2.05) is 13.8 Å². The molecule has 0 bridgehead atoms. The summed E-state index contributed by atoms with van der Waals surface area (Å²) in [5.74, 6) is 0.0646. The van der Waals surface area contributed by atoms with Crippen LogP contribution in [0.4, 0.5) is 4.39 Å². The topological polar surface area (TPSA) is 20.2 Å². The lowest BCUT2D eigenvalue weighted by atomic mass is 10.0. The lowest BCUT2D eigenvalue weighted by molar-refractivity contribution is 0.134. The van der Waals surface area contributed by atoms with Gasteiger partial charge in [0, 0.05) is 0 Å². The molecule has 0 saturated heterocycles. The van der Waals surface area contributed by atoms with Crippen LogP contribution in [0.15, 0.2) is 18.2 Å². The molecule has 1 aliphatic carbocycles. The van der Waals surface area contributed by atoms with Gasteiger partial charge in [0.25, 0.3) is 0 Å². The van der Waals surface area contributed by atoms with Crippen LogP contribution in [0.5, 0.6) is 0 Å². The van der Waals surface area contributed by atoms with E-state index in [9.17, 15) is 9.50 Å². The van der Waals surface area contributed by atoms with Gasteiger partial charge in [0.05, 0.1) is 5.60 Å². The maximum Gasteiger partial charge on any atom is 0.123 e. The summed E-state index contributed by atoms with van der Waals surface area (Å²) < 4.78 is 12.8. The molecule has 0 radical (unpaired) electrons. The van der Waals surface area contributed by atoms with Crippen molar-refractivity contribution in [2.24, 2.45) is 5.92 Å². The number of rotatable bonds is 1.